The molecule has 1 N–H and O–H groups in total. The first kappa shape index (κ1) is 19.2. The van der Waals surface area contributed by atoms with Crippen LogP contribution in [0, 0.1) is 0 Å². The molecule has 0 spiro atoms. The lowest BCUT2D eigenvalue weighted by Gasteiger charge is -2.17. The third-order valence-electron chi connectivity index (χ3n) is 4.16. The Morgan fingerprint density at radius 1 is 1.04 bits per heavy atom. The maximum atomic E-state index is 12.6. The molecule has 1 heterocycles. The van der Waals surface area contributed by atoms with Crippen molar-refractivity contribution in [1.82, 2.24) is 9.97 Å². The summed E-state index contributed by atoms with van der Waals surface area (Å²) in [4.78, 5) is 23.1. The van der Waals surface area contributed by atoms with E-state index in [1.165, 1.54) is 19.5 Å². The average Bonchev–Trinajstić information content (AvgIpc) is 2.74. The van der Waals surface area contributed by atoms with E-state index < -0.39 is 0 Å². The van der Waals surface area contributed by atoms with Gasteiger partial charge in [-0.1, -0.05) is 30.3 Å². The number of hydrogen-bond donors (Lipinski definition) is 1. The van der Waals surface area contributed by atoms with Gasteiger partial charge in [0, 0.05) is 32.1 Å². The highest BCUT2D eigenvalue weighted by atomic mass is 16.5. The van der Waals surface area contributed by atoms with Crippen molar-refractivity contribution in [1.29, 1.82) is 0 Å². The van der Waals surface area contributed by atoms with Gasteiger partial charge in [0.25, 0.3) is 5.91 Å². The Morgan fingerprint density at radius 3 is 2.39 bits per heavy atom. The van der Waals surface area contributed by atoms with Gasteiger partial charge in [0.2, 0.25) is 5.95 Å². The van der Waals surface area contributed by atoms with Crippen molar-refractivity contribution in [3.63, 3.8) is 0 Å². The number of ether oxygens (including phenoxy) is 2. The second-order valence-electron chi connectivity index (χ2n) is 6.13. The minimum Gasteiger partial charge on any atom is -0.497 e. The summed E-state index contributed by atoms with van der Waals surface area (Å²) in [6, 6.07) is 15.2. The van der Waals surface area contributed by atoms with Crippen LogP contribution in [-0.2, 0) is 6.54 Å². The van der Waals surface area contributed by atoms with Gasteiger partial charge in [-0.3, -0.25) is 4.79 Å². The van der Waals surface area contributed by atoms with Crippen molar-refractivity contribution in [2.45, 2.75) is 6.54 Å². The molecule has 3 rings (SSSR count). The van der Waals surface area contributed by atoms with Crippen molar-refractivity contribution in [3.8, 4) is 11.5 Å². The van der Waals surface area contributed by atoms with E-state index in [2.05, 4.69) is 15.3 Å². The van der Waals surface area contributed by atoms with E-state index in [4.69, 9.17) is 9.47 Å². The van der Waals surface area contributed by atoms with Crippen LogP contribution in [0.1, 0.15) is 15.9 Å². The fraction of sp³-hybridized carbons (Fsp3) is 0.190. The van der Waals surface area contributed by atoms with Crippen molar-refractivity contribution < 1.29 is 14.3 Å². The molecule has 2 aromatic carbocycles. The summed E-state index contributed by atoms with van der Waals surface area (Å²) in [6.07, 6.45) is 3.01. The lowest BCUT2D eigenvalue weighted by molar-refractivity contribution is 0.102. The summed E-state index contributed by atoms with van der Waals surface area (Å²) in [7, 11) is 5.01. The molecular formula is C21H22N4O3. The van der Waals surface area contributed by atoms with Crippen molar-refractivity contribution in [3.05, 3.63) is 72.1 Å². The van der Waals surface area contributed by atoms with Crippen LogP contribution in [0.25, 0.3) is 0 Å². The third-order valence-corrected chi connectivity index (χ3v) is 4.16. The van der Waals surface area contributed by atoms with Gasteiger partial charge in [-0.05, 0) is 17.7 Å². The molecule has 1 aromatic heterocycles. The van der Waals surface area contributed by atoms with Gasteiger partial charge < -0.3 is 19.7 Å². The van der Waals surface area contributed by atoms with Gasteiger partial charge in [0.05, 0.1) is 25.5 Å². The number of anilines is 2. The predicted octanol–water partition coefficient (Wildman–Crippen LogP) is 3.38. The lowest BCUT2D eigenvalue weighted by Crippen LogP contribution is -2.20. The summed E-state index contributed by atoms with van der Waals surface area (Å²) >= 11 is 0. The first-order chi connectivity index (χ1) is 13.6. The maximum absolute atomic E-state index is 12.6. The largest absolute Gasteiger partial charge is 0.497 e. The zero-order valence-corrected chi connectivity index (χ0v) is 16.0. The van der Waals surface area contributed by atoms with Crippen LogP contribution in [0.2, 0.25) is 0 Å². The van der Waals surface area contributed by atoms with E-state index in [0.717, 1.165) is 5.56 Å². The zero-order valence-electron chi connectivity index (χ0n) is 16.0. The molecule has 0 unspecified atom stereocenters. The quantitative estimate of drug-likeness (QED) is 0.679. The smallest absolute Gasteiger partial charge is 0.258 e. The normalized spacial score (nSPS) is 10.2. The lowest BCUT2D eigenvalue weighted by atomic mass is 10.2. The van der Waals surface area contributed by atoms with E-state index in [-0.39, 0.29) is 5.91 Å². The maximum Gasteiger partial charge on any atom is 0.258 e. The van der Waals surface area contributed by atoms with E-state index in [0.29, 0.717) is 35.2 Å². The number of hydrogen-bond acceptors (Lipinski definition) is 6. The molecule has 0 fully saturated rings. The number of methoxy groups -OCH3 is 2. The van der Waals surface area contributed by atoms with Crippen LogP contribution in [0.3, 0.4) is 0 Å². The first-order valence-corrected chi connectivity index (χ1v) is 8.71. The van der Waals surface area contributed by atoms with Gasteiger partial charge in [0.15, 0.2) is 0 Å². The van der Waals surface area contributed by atoms with Gasteiger partial charge in [0.1, 0.15) is 11.5 Å². The Labute approximate surface area is 164 Å². The Hall–Kier alpha value is -3.61. The molecule has 1 amide bonds. The highest BCUT2D eigenvalue weighted by Gasteiger charge is 2.13. The zero-order chi connectivity index (χ0) is 19.9. The molecule has 3 aromatic rings. The summed E-state index contributed by atoms with van der Waals surface area (Å²) < 4.78 is 10.5. The molecule has 0 saturated heterocycles. The average molecular weight is 378 g/mol. The van der Waals surface area contributed by atoms with E-state index in [1.54, 1.807) is 25.3 Å². The molecule has 0 bridgehead atoms. The molecule has 144 valence electrons. The van der Waals surface area contributed by atoms with Crippen LogP contribution in [-0.4, -0.2) is 37.1 Å². The molecule has 7 nitrogen and oxygen atoms in total. The van der Waals surface area contributed by atoms with Gasteiger partial charge in [-0.2, -0.15) is 0 Å². The van der Waals surface area contributed by atoms with Crippen LogP contribution < -0.4 is 19.7 Å². The summed E-state index contributed by atoms with van der Waals surface area (Å²) in [6.45, 7) is 0.674. The number of rotatable bonds is 7. The number of carbonyl (C=O) groups excluding carboxylic acids is 1. The Morgan fingerprint density at radius 2 is 1.75 bits per heavy atom. The van der Waals surface area contributed by atoms with Crippen molar-refractivity contribution >= 4 is 17.5 Å². The number of nitrogens with zero attached hydrogens (tertiary/aromatic N) is 3. The molecule has 28 heavy (non-hydrogen) atoms. The molecule has 0 radical (unpaired) electrons. The first-order valence-electron chi connectivity index (χ1n) is 8.71. The summed E-state index contributed by atoms with van der Waals surface area (Å²) in [5, 5.41) is 2.80. The Balaban J connectivity index is 1.70. The fourth-order valence-corrected chi connectivity index (χ4v) is 2.67. The second-order valence-corrected chi connectivity index (χ2v) is 6.13. The molecule has 0 atom stereocenters. The molecular weight excluding hydrogens is 356 g/mol. The standard InChI is InChI=1S/C21H22N4O3/c1-25(14-15-7-5-4-6-8-15)21-22-12-16(13-23-21)20(26)24-18-11-17(27-2)9-10-19(18)28-3/h4-13H,14H2,1-3H3,(H,24,26). The van der Waals surface area contributed by atoms with E-state index >= 15 is 0 Å². The highest BCUT2D eigenvalue weighted by molar-refractivity contribution is 6.04. The van der Waals surface area contributed by atoms with E-state index in [9.17, 15) is 4.79 Å². The molecule has 7 heteroatoms. The van der Waals surface area contributed by atoms with E-state index in [1.807, 2.05) is 42.3 Å². The van der Waals surface area contributed by atoms with Crippen molar-refractivity contribution in [2.24, 2.45) is 0 Å². The van der Waals surface area contributed by atoms with Gasteiger partial charge in [-0.15, -0.1) is 0 Å². The molecule has 0 saturated carbocycles. The molecule has 0 aliphatic rings. The van der Waals surface area contributed by atoms with Crippen LogP contribution in [0.5, 0.6) is 11.5 Å². The summed E-state index contributed by atoms with van der Waals surface area (Å²) in [5.41, 5.74) is 2.01. The number of nitrogens with one attached hydrogen (secondary N) is 1. The second kappa shape index (κ2) is 8.85. The minimum atomic E-state index is -0.330. The van der Waals surface area contributed by atoms with Crippen LogP contribution in [0.4, 0.5) is 11.6 Å². The number of amides is 1. The number of carbonyl (C=O) groups is 1. The topological polar surface area (TPSA) is 76.6 Å². The van der Waals surface area contributed by atoms with Gasteiger partial charge >= 0.3 is 0 Å². The Bertz CT molecular complexity index is 930. The highest BCUT2D eigenvalue weighted by Crippen LogP contribution is 2.29. The third kappa shape index (κ3) is 4.56. The number of benzene rings is 2. The number of aromatic nitrogens is 2. The Kier molecular flexibility index (Phi) is 6.06. The SMILES string of the molecule is COc1ccc(OC)c(NC(=O)c2cnc(N(C)Cc3ccccc3)nc2)c1. The molecule has 0 aliphatic carbocycles. The van der Waals surface area contributed by atoms with Gasteiger partial charge in [-0.25, -0.2) is 9.97 Å². The van der Waals surface area contributed by atoms with Crippen LogP contribution in [0.15, 0.2) is 60.9 Å². The predicted molar refractivity (Wildman–Crippen MR) is 108 cm³/mol. The molecule has 0 aliphatic heterocycles. The van der Waals surface area contributed by atoms with Crippen LogP contribution >= 0.6 is 0 Å². The minimum absolute atomic E-state index is 0.330. The fourth-order valence-electron chi connectivity index (χ4n) is 2.67. The van der Waals surface area contributed by atoms with Crippen molar-refractivity contribution in [2.75, 3.05) is 31.5 Å². The summed E-state index contributed by atoms with van der Waals surface area (Å²) in [5.74, 6) is 1.36. The monoisotopic (exact) mass is 378 g/mol.